The number of nitriles is 1. The fourth-order valence-electron chi connectivity index (χ4n) is 4.21. The maximum Gasteiger partial charge on any atom is 0.335 e. The molecule has 3 heterocycles. The lowest BCUT2D eigenvalue weighted by Gasteiger charge is -2.24. The number of carbonyl (C=O) groups is 1. The Morgan fingerprint density at radius 3 is 2.54 bits per heavy atom. The number of nitrogens with one attached hydrogen (secondary N) is 1. The van der Waals surface area contributed by atoms with Crippen LogP contribution in [0, 0.1) is 23.0 Å². The van der Waals surface area contributed by atoms with Gasteiger partial charge in [0.1, 0.15) is 29.0 Å². The SMILES string of the molecule is N#Cc1cc(-c2ccnc3cc(-c4c(F)cc(C(=O)O)cc4F)oc23)ccc1NC1CCOCC1. The van der Waals surface area contributed by atoms with Gasteiger partial charge in [-0.2, -0.15) is 5.26 Å². The van der Waals surface area contributed by atoms with Gasteiger partial charge in [-0.05, 0) is 48.7 Å². The molecule has 5 rings (SSSR count). The van der Waals surface area contributed by atoms with Gasteiger partial charge >= 0.3 is 5.97 Å². The molecule has 2 aromatic carbocycles. The van der Waals surface area contributed by atoms with Crippen LogP contribution in [0.15, 0.2) is 53.1 Å². The molecule has 4 aromatic rings. The summed E-state index contributed by atoms with van der Waals surface area (Å²) < 4.78 is 40.4. The van der Waals surface area contributed by atoms with Crippen LogP contribution < -0.4 is 5.32 Å². The number of pyridine rings is 1. The van der Waals surface area contributed by atoms with Crippen LogP contribution in [-0.2, 0) is 4.74 Å². The van der Waals surface area contributed by atoms with E-state index in [4.69, 9.17) is 14.3 Å². The number of ether oxygens (including phenoxy) is 1. The maximum absolute atomic E-state index is 14.6. The number of anilines is 1. The molecule has 1 saturated heterocycles. The van der Waals surface area contributed by atoms with E-state index in [1.165, 1.54) is 12.3 Å². The van der Waals surface area contributed by atoms with Gasteiger partial charge in [0.15, 0.2) is 5.58 Å². The largest absolute Gasteiger partial charge is 0.478 e. The van der Waals surface area contributed by atoms with E-state index in [-0.39, 0.29) is 17.4 Å². The van der Waals surface area contributed by atoms with Crippen molar-refractivity contribution in [1.29, 1.82) is 5.26 Å². The van der Waals surface area contributed by atoms with E-state index in [1.54, 1.807) is 12.1 Å². The number of carboxylic acids is 1. The molecule has 35 heavy (non-hydrogen) atoms. The predicted molar refractivity (Wildman–Crippen MR) is 124 cm³/mol. The molecule has 2 aromatic heterocycles. The average molecular weight is 475 g/mol. The smallest absolute Gasteiger partial charge is 0.335 e. The van der Waals surface area contributed by atoms with Gasteiger partial charge in [-0.15, -0.1) is 0 Å². The van der Waals surface area contributed by atoms with Crippen LogP contribution in [0.2, 0.25) is 0 Å². The van der Waals surface area contributed by atoms with E-state index in [1.807, 2.05) is 12.1 Å². The molecule has 0 aliphatic carbocycles. The molecule has 0 spiro atoms. The van der Waals surface area contributed by atoms with Crippen LogP contribution in [0.4, 0.5) is 14.5 Å². The maximum atomic E-state index is 14.6. The van der Waals surface area contributed by atoms with E-state index >= 15 is 0 Å². The van der Waals surface area contributed by atoms with Gasteiger partial charge in [0.25, 0.3) is 0 Å². The predicted octanol–water partition coefficient (Wildman–Crippen LogP) is 5.60. The summed E-state index contributed by atoms with van der Waals surface area (Å²) in [5.41, 5.74) is 2.11. The summed E-state index contributed by atoms with van der Waals surface area (Å²) in [6, 6.07) is 12.4. The van der Waals surface area contributed by atoms with Crippen molar-refractivity contribution >= 4 is 22.8 Å². The topological polar surface area (TPSA) is 108 Å². The number of aromatic carboxylic acids is 1. The molecule has 0 radical (unpaired) electrons. The minimum absolute atomic E-state index is 0.120. The normalized spacial score (nSPS) is 14.1. The van der Waals surface area contributed by atoms with E-state index in [2.05, 4.69) is 16.4 Å². The second-order valence-electron chi connectivity index (χ2n) is 8.21. The summed E-state index contributed by atoms with van der Waals surface area (Å²) in [4.78, 5) is 15.3. The highest BCUT2D eigenvalue weighted by molar-refractivity contribution is 5.93. The minimum Gasteiger partial charge on any atom is -0.478 e. The lowest BCUT2D eigenvalue weighted by atomic mass is 10.0. The van der Waals surface area contributed by atoms with Crippen LogP contribution in [-0.4, -0.2) is 35.3 Å². The molecule has 176 valence electrons. The molecule has 9 heteroatoms. The highest BCUT2D eigenvalue weighted by Crippen LogP contribution is 2.37. The molecule has 2 N–H and O–H groups in total. The third-order valence-electron chi connectivity index (χ3n) is 5.98. The van der Waals surface area contributed by atoms with Crippen molar-refractivity contribution in [2.75, 3.05) is 18.5 Å². The zero-order valence-corrected chi connectivity index (χ0v) is 18.3. The van der Waals surface area contributed by atoms with Gasteiger partial charge in [-0.1, -0.05) is 6.07 Å². The number of aromatic nitrogens is 1. The minimum atomic E-state index is -1.44. The van der Waals surface area contributed by atoms with Crippen LogP contribution in [0.3, 0.4) is 0 Å². The third kappa shape index (κ3) is 4.32. The summed E-state index contributed by atoms with van der Waals surface area (Å²) in [5.74, 6) is -3.67. The number of fused-ring (bicyclic) bond motifs is 1. The molecule has 7 nitrogen and oxygen atoms in total. The van der Waals surface area contributed by atoms with Gasteiger partial charge in [-0.3, -0.25) is 4.98 Å². The monoisotopic (exact) mass is 475 g/mol. The number of benzene rings is 2. The first kappa shape index (κ1) is 22.5. The summed E-state index contributed by atoms with van der Waals surface area (Å²) in [5, 5.41) is 22.2. The van der Waals surface area contributed by atoms with Gasteiger partial charge < -0.3 is 19.6 Å². The molecular weight excluding hydrogens is 456 g/mol. The molecule has 1 aliphatic heterocycles. The van der Waals surface area contributed by atoms with Crippen molar-refractivity contribution in [2.24, 2.45) is 0 Å². The molecule has 0 saturated carbocycles. The van der Waals surface area contributed by atoms with Crippen molar-refractivity contribution < 1.29 is 27.8 Å². The molecule has 0 atom stereocenters. The summed E-state index contributed by atoms with van der Waals surface area (Å²) in [6.07, 6.45) is 3.25. The highest BCUT2D eigenvalue weighted by atomic mass is 19.1. The van der Waals surface area contributed by atoms with E-state index in [9.17, 15) is 18.8 Å². The van der Waals surface area contributed by atoms with Gasteiger partial charge in [-0.25, -0.2) is 13.6 Å². The second kappa shape index (κ2) is 9.16. The first-order chi connectivity index (χ1) is 16.9. The number of carboxylic acid groups (broad SMARTS) is 1. The first-order valence-corrected chi connectivity index (χ1v) is 10.9. The fraction of sp³-hybridized carbons (Fsp3) is 0.192. The molecule has 1 fully saturated rings. The van der Waals surface area contributed by atoms with Gasteiger partial charge in [0, 0.05) is 37.1 Å². The van der Waals surface area contributed by atoms with Crippen molar-refractivity contribution in [2.45, 2.75) is 18.9 Å². The summed E-state index contributed by atoms with van der Waals surface area (Å²) >= 11 is 0. The Morgan fingerprint density at radius 2 is 1.86 bits per heavy atom. The highest BCUT2D eigenvalue weighted by Gasteiger charge is 2.22. The summed E-state index contributed by atoms with van der Waals surface area (Å²) in [6.45, 7) is 1.35. The van der Waals surface area contributed by atoms with Crippen LogP contribution in [0.5, 0.6) is 0 Å². The fourth-order valence-corrected chi connectivity index (χ4v) is 4.21. The van der Waals surface area contributed by atoms with E-state index in [0.717, 1.165) is 30.7 Å². The molecule has 0 bridgehead atoms. The first-order valence-electron chi connectivity index (χ1n) is 10.9. The number of furan rings is 1. The molecule has 0 amide bonds. The van der Waals surface area contributed by atoms with E-state index < -0.39 is 28.7 Å². The average Bonchev–Trinajstić information content (AvgIpc) is 3.28. The number of nitrogens with zero attached hydrogens (tertiary/aromatic N) is 2. The van der Waals surface area contributed by atoms with Crippen molar-refractivity contribution in [3.63, 3.8) is 0 Å². The van der Waals surface area contributed by atoms with Crippen LogP contribution in [0.1, 0.15) is 28.8 Å². The summed E-state index contributed by atoms with van der Waals surface area (Å²) in [7, 11) is 0. The molecule has 1 aliphatic rings. The number of hydrogen-bond acceptors (Lipinski definition) is 6. The zero-order chi connectivity index (χ0) is 24.5. The Hall–Kier alpha value is -4.29. The molecular formula is C26H19F2N3O4. The number of halogens is 2. The van der Waals surface area contributed by atoms with Crippen molar-refractivity contribution in [3.8, 4) is 28.5 Å². The Kier molecular flexibility index (Phi) is 5.89. The van der Waals surface area contributed by atoms with Crippen molar-refractivity contribution in [3.05, 3.63) is 71.4 Å². The Bertz CT molecular complexity index is 1460. The Labute approximate surface area is 198 Å². The quantitative estimate of drug-likeness (QED) is 0.387. The Balaban J connectivity index is 1.54. The van der Waals surface area contributed by atoms with Crippen LogP contribution in [0.25, 0.3) is 33.6 Å². The molecule has 0 unspecified atom stereocenters. The van der Waals surface area contributed by atoms with Gasteiger partial charge in [0.2, 0.25) is 0 Å². The number of rotatable bonds is 5. The van der Waals surface area contributed by atoms with E-state index in [0.29, 0.717) is 35.4 Å². The van der Waals surface area contributed by atoms with Crippen LogP contribution >= 0.6 is 0 Å². The second-order valence-corrected chi connectivity index (χ2v) is 8.21. The van der Waals surface area contributed by atoms with Gasteiger partial charge in [0.05, 0.1) is 22.4 Å². The third-order valence-corrected chi connectivity index (χ3v) is 5.98. The lowest BCUT2D eigenvalue weighted by Crippen LogP contribution is -2.28. The zero-order valence-electron chi connectivity index (χ0n) is 18.3. The number of hydrogen-bond donors (Lipinski definition) is 2. The van der Waals surface area contributed by atoms with Crippen molar-refractivity contribution in [1.82, 2.24) is 4.98 Å². The Morgan fingerprint density at radius 1 is 1.11 bits per heavy atom. The standard InChI is InChI=1S/C26H19F2N3O4/c27-19-10-15(26(32)33)11-20(28)24(19)23-12-22-25(35-23)18(3-6-30-22)14-1-2-21(16(9-14)13-29)31-17-4-7-34-8-5-17/h1-3,6,9-12,17,31H,4-5,7-8H2,(H,32,33). The lowest BCUT2D eigenvalue weighted by molar-refractivity contribution is 0.0695.